The minimum atomic E-state index is -0.414. The van der Waals surface area contributed by atoms with Crippen molar-refractivity contribution in [3.05, 3.63) is 29.8 Å². The van der Waals surface area contributed by atoms with E-state index in [9.17, 15) is 9.59 Å². The van der Waals surface area contributed by atoms with Crippen LogP contribution in [0.2, 0.25) is 0 Å². The van der Waals surface area contributed by atoms with Crippen molar-refractivity contribution in [1.82, 2.24) is 10.6 Å². The fourth-order valence-corrected chi connectivity index (χ4v) is 3.01. The summed E-state index contributed by atoms with van der Waals surface area (Å²) in [6.07, 6.45) is 0.496. The van der Waals surface area contributed by atoms with Crippen LogP contribution in [0.1, 0.15) is 66.4 Å². The average molecular weight is 453 g/mol. The van der Waals surface area contributed by atoms with E-state index in [0.717, 1.165) is 11.3 Å². The van der Waals surface area contributed by atoms with Gasteiger partial charge < -0.3 is 29.6 Å². The van der Waals surface area contributed by atoms with Gasteiger partial charge in [-0.1, -0.05) is 12.1 Å². The number of carbonyl (C=O) groups excluding carboxylic acids is 2. The molecule has 0 saturated heterocycles. The first kappa shape index (κ1) is 27.7. The average Bonchev–Trinajstić information content (AvgIpc) is 2.69. The van der Waals surface area contributed by atoms with Gasteiger partial charge in [-0.3, -0.25) is 4.79 Å². The van der Waals surface area contributed by atoms with E-state index in [1.54, 1.807) is 21.0 Å². The smallest absolute Gasteiger partial charge is 0.315 e. The largest absolute Gasteiger partial charge is 0.497 e. The Labute approximate surface area is 192 Å². The van der Waals surface area contributed by atoms with Crippen LogP contribution in [-0.2, 0) is 25.5 Å². The summed E-state index contributed by atoms with van der Waals surface area (Å²) in [5.41, 5.74) is 0.937. The summed E-state index contributed by atoms with van der Waals surface area (Å²) < 4.78 is 22.1. The second-order valence-corrected chi connectivity index (χ2v) is 8.49. The van der Waals surface area contributed by atoms with Gasteiger partial charge in [-0.2, -0.15) is 0 Å². The maximum atomic E-state index is 12.5. The molecule has 32 heavy (non-hydrogen) atoms. The third-order valence-corrected chi connectivity index (χ3v) is 4.33. The topological polar surface area (TPSA) is 95.1 Å². The number of hydrogen-bond donors (Lipinski definition) is 2. The van der Waals surface area contributed by atoms with Gasteiger partial charge in [0.05, 0.1) is 31.8 Å². The molecule has 1 atom stereocenters. The van der Waals surface area contributed by atoms with Crippen molar-refractivity contribution >= 4 is 12.0 Å². The first-order valence-corrected chi connectivity index (χ1v) is 11.3. The van der Waals surface area contributed by atoms with E-state index in [2.05, 4.69) is 10.6 Å². The van der Waals surface area contributed by atoms with Crippen molar-refractivity contribution in [2.24, 2.45) is 0 Å². The lowest BCUT2D eigenvalue weighted by atomic mass is 10.1. The Hall–Kier alpha value is -2.32. The molecule has 0 aromatic heterocycles. The number of amides is 2. The molecule has 0 aliphatic carbocycles. The molecule has 8 nitrogen and oxygen atoms in total. The summed E-state index contributed by atoms with van der Waals surface area (Å²) in [7, 11) is 1.61. The number of benzene rings is 1. The van der Waals surface area contributed by atoms with Gasteiger partial charge in [-0.05, 0) is 65.7 Å². The second kappa shape index (κ2) is 14.7. The van der Waals surface area contributed by atoms with Gasteiger partial charge in [0.15, 0.2) is 6.29 Å². The quantitative estimate of drug-likeness (QED) is 0.325. The molecule has 0 saturated carbocycles. The van der Waals surface area contributed by atoms with Crippen molar-refractivity contribution < 1.29 is 28.5 Å². The van der Waals surface area contributed by atoms with Crippen LogP contribution in [0, 0.1) is 0 Å². The number of esters is 1. The van der Waals surface area contributed by atoms with Crippen molar-refractivity contribution in [2.45, 2.75) is 98.0 Å². The standard InChI is InChI=1S/C24H40N2O6/c1-16(2)30-22(27)14-20(10-13-23(31-17(3)4)32-18(5)6)26-24(28)25-15-19-8-11-21(29-7)12-9-19/h8-9,11-12,16-18,20,23H,10,13-15H2,1-7H3,(H2,25,26,28)/t20-/m1/s1. The van der Waals surface area contributed by atoms with Crippen LogP contribution in [0.5, 0.6) is 5.75 Å². The van der Waals surface area contributed by atoms with Gasteiger partial charge in [0.25, 0.3) is 0 Å². The van der Waals surface area contributed by atoms with Crippen LogP contribution >= 0.6 is 0 Å². The molecule has 1 rings (SSSR count). The molecule has 0 bridgehead atoms. The maximum absolute atomic E-state index is 12.5. The lowest BCUT2D eigenvalue weighted by Crippen LogP contribution is -2.43. The van der Waals surface area contributed by atoms with Crippen LogP contribution in [0.4, 0.5) is 4.79 Å². The van der Waals surface area contributed by atoms with Gasteiger partial charge in [0.2, 0.25) is 0 Å². The summed E-state index contributed by atoms with van der Waals surface area (Å²) >= 11 is 0. The number of rotatable bonds is 14. The number of ether oxygens (including phenoxy) is 4. The highest BCUT2D eigenvalue weighted by Crippen LogP contribution is 2.15. The molecule has 2 N–H and O–H groups in total. The summed E-state index contributed by atoms with van der Waals surface area (Å²) in [5.74, 6) is 0.398. The molecule has 0 fully saturated rings. The monoisotopic (exact) mass is 452 g/mol. The second-order valence-electron chi connectivity index (χ2n) is 8.49. The van der Waals surface area contributed by atoms with E-state index >= 15 is 0 Å². The van der Waals surface area contributed by atoms with Gasteiger partial charge in [0, 0.05) is 19.0 Å². The predicted octanol–water partition coefficient (Wildman–Crippen LogP) is 4.16. The number of carbonyl (C=O) groups is 2. The summed E-state index contributed by atoms with van der Waals surface area (Å²) in [6.45, 7) is 11.7. The van der Waals surface area contributed by atoms with Crippen molar-refractivity contribution in [3.63, 3.8) is 0 Å². The van der Waals surface area contributed by atoms with E-state index in [1.165, 1.54) is 0 Å². The molecule has 8 heteroatoms. The molecular formula is C24H40N2O6. The zero-order valence-corrected chi connectivity index (χ0v) is 20.5. The number of methoxy groups -OCH3 is 1. The lowest BCUT2D eigenvalue weighted by molar-refractivity contribution is -0.185. The SMILES string of the molecule is COc1ccc(CNC(=O)N[C@H](CCC(OC(C)C)OC(C)C)CC(=O)OC(C)C)cc1. The Balaban J connectivity index is 2.69. The van der Waals surface area contributed by atoms with Crippen LogP contribution < -0.4 is 15.4 Å². The van der Waals surface area contributed by atoms with E-state index in [1.807, 2.05) is 52.0 Å². The molecule has 1 aromatic carbocycles. The van der Waals surface area contributed by atoms with Crippen LogP contribution in [-0.4, -0.2) is 49.8 Å². The van der Waals surface area contributed by atoms with Crippen molar-refractivity contribution in [2.75, 3.05) is 7.11 Å². The molecule has 0 unspecified atom stereocenters. The Bertz CT molecular complexity index is 666. The fraction of sp³-hybridized carbons (Fsp3) is 0.667. The minimum absolute atomic E-state index is 0.00357. The molecule has 2 amide bonds. The zero-order valence-electron chi connectivity index (χ0n) is 20.5. The Morgan fingerprint density at radius 3 is 1.97 bits per heavy atom. The first-order valence-electron chi connectivity index (χ1n) is 11.3. The number of nitrogens with one attached hydrogen (secondary N) is 2. The predicted molar refractivity (Wildman–Crippen MR) is 123 cm³/mol. The van der Waals surface area contributed by atoms with Crippen molar-refractivity contribution in [1.29, 1.82) is 0 Å². The third-order valence-electron chi connectivity index (χ3n) is 4.33. The van der Waals surface area contributed by atoms with Gasteiger partial charge in [-0.25, -0.2) is 4.79 Å². The highest BCUT2D eigenvalue weighted by atomic mass is 16.7. The molecule has 1 aromatic rings. The molecule has 0 aliphatic heterocycles. The lowest BCUT2D eigenvalue weighted by Gasteiger charge is -2.25. The number of hydrogen-bond acceptors (Lipinski definition) is 6. The molecule has 0 heterocycles. The normalized spacial score (nSPS) is 12.3. The Morgan fingerprint density at radius 2 is 1.47 bits per heavy atom. The van der Waals surface area contributed by atoms with Gasteiger partial charge in [-0.15, -0.1) is 0 Å². The van der Waals surface area contributed by atoms with Gasteiger partial charge >= 0.3 is 12.0 Å². The first-order chi connectivity index (χ1) is 15.1. The molecule has 0 radical (unpaired) electrons. The highest BCUT2D eigenvalue weighted by Gasteiger charge is 2.22. The Morgan fingerprint density at radius 1 is 0.875 bits per heavy atom. The molecule has 0 aliphatic rings. The van der Waals surface area contributed by atoms with E-state index in [4.69, 9.17) is 18.9 Å². The Kier molecular flexibility index (Phi) is 12.7. The van der Waals surface area contributed by atoms with Crippen LogP contribution in [0.3, 0.4) is 0 Å². The maximum Gasteiger partial charge on any atom is 0.315 e. The van der Waals surface area contributed by atoms with E-state index in [0.29, 0.717) is 19.4 Å². The fourth-order valence-electron chi connectivity index (χ4n) is 3.01. The minimum Gasteiger partial charge on any atom is -0.497 e. The number of urea groups is 1. The highest BCUT2D eigenvalue weighted by molar-refractivity contribution is 5.76. The van der Waals surface area contributed by atoms with E-state index in [-0.39, 0.29) is 36.7 Å². The van der Waals surface area contributed by atoms with Crippen LogP contribution in [0.25, 0.3) is 0 Å². The zero-order chi connectivity index (χ0) is 24.1. The third kappa shape index (κ3) is 12.5. The van der Waals surface area contributed by atoms with E-state index < -0.39 is 12.3 Å². The molecular weight excluding hydrogens is 412 g/mol. The summed E-state index contributed by atoms with van der Waals surface area (Å²) in [6, 6.07) is 6.67. The summed E-state index contributed by atoms with van der Waals surface area (Å²) in [4.78, 5) is 24.7. The molecule has 0 spiro atoms. The van der Waals surface area contributed by atoms with Gasteiger partial charge in [0.1, 0.15) is 5.75 Å². The summed E-state index contributed by atoms with van der Waals surface area (Å²) in [5, 5.41) is 5.72. The van der Waals surface area contributed by atoms with Crippen LogP contribution in [0.15, 0.2) is 24.3 Å². The molecule has 182 valence electrons. The van der Waals surface area contributed by atoms with Crippen molar-refractivity contribution in [3.8, 4) is 5.75 Å².